The van der Waals surface area contributed by atoms with Gasteiger partial charge in [0.2, 0.25) is 0 Å². The van der Waals surface area contributed by atoms with Gasteiger partial charge in [0, 0.05) is 24.7 Å². The van der Waals surface area contributed by atoms with Gasteiger partial charge in [-0.3, -0.25) is 4.68 Å². The molecule has 3 nitrogen and oxygen atoms in total. The highest BCUT2D eigenvalue weighted by Crippen LogP contribution is 2.18. The van der Waals surface area contributed by atoms with Gasteiger partial charge in [-0.2, -0.15) is 5.10 Å². The van der Waals surface area contributed by atoms with E-state index < -0.39 is 0 Å². The Hall–Kier alpha value is -0.830. The molecule has 0 saturated carbocycles. The summed E-state index contributed by atoms with van der Waals surface area (Å²) in [6.45, 7) is 3.62. The second kappa shape index (κ2) is 2.34. The van der Waals surface area contributed by atoms with Gasteiger partial charge in [0.05, 0.1) is 18.9 Å². The molecule has 3 heteroatoms. The summed E-state index contributed by atoms with van der Waals surface area (Å²) in [4.78, 5) is 0. The number of hydrogen-bond acceptors (Lipinski definition) is 2. The van der Waals surface area contributed by atoms with Crippen LogP contribution in [0.4, 0.5) is 0 Å². The molecule has 1 aromatic rings. The van der Waals surface area contributed by atoms with E-state index in [0.29, 0.717) is 0 Å². The Balaban J connectivity index is 2.52. The second-order valence-electron chi connectivity index (χ2n) is 2.94. The van der Waals surface area contributed by atoms with Crippen molar-refractivity contribution in [3.05, 3.63) is 17.0 Å². The number of rotatable bonds is 0. The van der Waals surface area contributed by atoms with Crippen LogP contribution in [-0.2, 0) is 24.8 Å². The van der Waals surface area contributed by atoms with Crippen LogP contribution in [0.3, 0.4) is 0 Å². The first kappa shape index (κ1) is 6.85. The number of nitrogens with zero attached hydrogens (tertiary/aromatic N) is 2. The molecule has 0 aliphatic carbocycles. The highest BCUT2D eigenvalue weighted by atomic mass is 16.5. The van der Waals surface area contributed by atoms with Gasteiger partial charge in [0.1, 0.15) is 0 Å². The minimum absolute atomic E-state index is 0.745. The van der Waals surface area contributed by atoms with Crippen LogP contribution in [0.2, 0.25) is 0 Å². The highest BCUT2D eigenvalue weighted by molar-refractivity contribution is 5.26. The average Bonchev–Trinajstić information content (AvgIpc) is 2.30. The molecular weight excluding hydrogens is 140 g/mol. The molecule has 0 radical (unpaired) electrons. The van der Waals surface area contributed by atoms with Crippen molar-refractivity contribution in [1.29, 1.82) is 0 Å². The van der Waals surface area contributed by atoms with Crippen LogP contribution in [-0.4, -0.2) is 16.4 Å². The van der Waals surface area contributed by atoms with Gasteiger partial charge < -0.3 is 4.74 Å². The van der Waals surface area contributed by atoms with E-state index >= 15 is 0 Å². The van der Waals surface area contributed by atoms with Gasteiger partial charge >= 0.3 is 0 Å². The van der Waals surface area contributed by atoms with Crippen molar-refractivity contribution in [2.45, 2.75) is 20.0 Å². The van der Waals surface area contributed by atoms with Gasteiger partial charge in [0.25, 0.3) is 0 Å². The number of aromatic nitrogens is 2. The summed E-state index contributed by atoms with van der Waals surface area (Å²) < 4.78 is 7.30. The van der Waals surface area contributed by atoms with E-state index in [4.69, 9.17) is 4.74 Å². The molecule has 0 saturated heterocycles. The van der Waals surface area contributed by atoms with Gasteiger partial charge in [-0.25, -0.2) is 0 Å². The molecule has 1 aliphatic heterocycles. The van der Waals surface area contributed by atoms with E-state index in [1.165, 1.54) is 11.3 Å². The maximum Gasteiger partial charge on any atom is 0.0753 e. The minimum Gasteiger partial charge on any atom is -0.376 e. The molecule has 0 aromatic carbocycles. The lowest BCUT2D eigenvalue weighted by Crippen LogP contribution is -2.11. The summed E-state index contributed by atoms with van der Waals surface area (Å²) in [5.41, 5.74) is 3.75. The van der Waals surface area contributed by atoms with Crippen LogP contribution in [0.25, 0.3) is 0 Å². The molecule has 2 heterocycles. The van der Waals surface area contributed by atoms with Crippen LogP contribution < -0.4 is 0 Å². The molecule has 0 spiro atoms. The van der Waals surface area contributed by atoms with E-state index in [2.05, 4.69) is 5.10 Å². The van der Waals surface area contributed by atoms with Crippen molar-refractivity contribution < 1.29 is 4.74 Å². The maximum absolute atomic E-state index is 5.34. The smallest absolute Gasteiger partial charge is 0.0753 e. The van der Waals surface area contributed by atoms with Crippen LogP contribution in [0.1, 0.15) is 17.0 Å². The molecule has 0 N–H and O–H groups in total. The molecule has 2 rings (SSSR count). The van der Waals surface area contributed by atoms with Crippen molar-refractivity contribution in [3.63, 3.8) is 0 Å². The molecule has 1 aliphatic rings. The van der Waals surface area contributed by atoms with Crippen LogP contribution in [0.15, 0.2) is 0 Å². The lowest BCUT2D eigenvalue weighted by Gasteiger charge is -2.12. The molecule has 0 atom stereocenters. The quantitative estimate of drug-likeness (QED) is 0.550. The summed E-state index contributed by atoms with van der Waals surface area (Å²) in [5, 5.41) is 4.33. The van der Waals surface area contributed by atoms with E-state index in [1.54, 1.807) is 0 Å². The van der Waals surface area contributed by atoms with Crippen molar-refractivity contribution in [2.24, 2.45) is 7.05 Å². The predicted molar refractivity (Wildman–Crippen MR) is 41.3 cm³/mol. The highest BCUT2D eigenvalue weighted by Gasteiger charge is 2.16. The maximum atomic E-state index is 5.34. The van der Waals surface area contributed by atoms with E-state index in [-0.39, 0.29) is 0 Å². The van der Waals surface area contributed by atoms with Crippen LogP contribution in [0.5, 0.6) is 0 Å². The first-order chi connectivity index (χ1) is 5.29. The summed E-state index contributed by atoms with van der Waals surface area (Å²) in [6.07, 6.45) is 1.01. The van der Waals surface area contributed by atoms with E-state index in [9.17, 15) is 0 Å². The molecule has 60 valence electrons. The van der Waals surface area contributed by atoms with Crippen molar-refractivity contribution in [2.75, 3.05) is 6.61 Å². The Labute approximate surface area is 66.0 Å². The SMILES string of the molecule is Cc1nn(C)c2c1COCC2. The van der Waals surface area contributed by atoms with Gasteiger partial charge in [-0.05, 0) is 6.92 Å². The molecule has 0 fully saturated rings. The topological polar surface area (TPSA) is 27.1 Å². The Morgan fingerprint density at radius 1 is 1.55 bits per heavy atom. The van der Waals surface area contributed by atoms with Gasteiger partial charge in [-0.1, -0.05) is 0 Å². The Morgan fingerprint density at radius 3 is 3.09 bits per heavy atom. The van der Waals surface area contributed by atoms with Crippen molar-refractivity contribution in [1.82, 2.24) is 9.78 Å². The summed E-state index contributed by atoms with van der Waals surface area (Å²) >= 11 is 0. The predicted octanol–water partition coefficient (Wildman–Crippen LogP) is 0.801. The molecule has 1 aromatic heterocycles. The monoisotopic (exact) mass is 152 g/mol. The zero-order chi connectivity index (χ0) is 7.84. The van der Waals surface area contributed by atoms with Crippen molar-refractivity contribution >= 4 is 0 Å². The largest absolute Gasteiger partial charge is 0.376 e. The normalized spacial score (nSPS) is 16.5. The first-order valence-corrected chi connectivity index (χ1v) is 3.88. The zero-order valence-corrected chi connectivity index (χ0v) is 6.92. The number of aryl methyl sites for hydroxylation is 2. The third-order valence-electron chi connectivity index (χ3n) is 2.21. The fourth-order valence-electron chi connectivity index (χ4n) is 1.59. The molecule has 0 bridgehead atoms. The fourth-order valence-corrected chi connectivity index (χ4v) is 1.59. The lowest BCUT2D eigenvalue weighted by molar-refractivity contribution is 0.109. The van der Waals surface area contributed by atoms with Crippen LogP contribution in [0, 0.1) is 6.92 Å². The number of ether oxygens (including phenoxy) is 1. The summed E-state index contributed by atoms with van der Waals surface area (Å²) in [7, 11) is 2.00. The second-order valence-corrected chi connectivity index (χ2v) is 2.94. The lowest BCUT2D eigenvalue weighted by atomic mass is 10.1. The summed E-state index contributed by atoms with van der Waals surface area (Å²) in [5.74, 6) is 0. The summed E-state index contributed by atoms with van der Waals surface area (Å²) in [6, 6.07) is 0. The van der Waals surface area contributed by atoms with Gasteiger partial charge in [0.15, 0.2) is 0 Å². The number of hydrogen-bond donors (Lipinski definition) is 0. The minimum atomic E-state index is 0.745. The Morgan fingerprint density at radius 2 is 2.36 bits per heavy atom. The van der Waals surface area contributed by atoms with Crippen molar-refractivity contribution in [3.8, 4) is 0 Å². The van der Waals surface area contributed by atoms with E-state index in [0.717, 1.165) is 25.3 Å². The third-order valence-corrected chi connectivity index (χ3v) is 2.21. The molecule has 0 amide bonds. The van der Waals surface area contributed by atoms with Gasteiger partial charge in [-0.15, -0.1) is 0 Å². The Kier molecular flexibility index (Phi) is 1.46. The zero-order valence-electron chi connectivity index (χ0n) is 6.92. The average molecular weight is 152 g/mol. The molecule has 11 heavy (non-hydrogen) atoms. The van der Waals surface area contributed by atoms with Crippen LogP contribution >= 0.6 is 0 Å². The first-order valence-electron chi connectivity index (χ1n) is 3.88. The fraction of sp³-hybridized carbons (Fsp3) is 0.625. The van der Waals surface area contributed by atoms with E-state index in [1.807, 2.05) is 18.7 Å². The molecule has 0 unspecified atom stereocenters. The number of fused-ring (bicyclic) bond motifs is 1. The standard InChI is InChI=1S/C8H12N2O/c1-6-7-5-11-4-3-8(7)10(2)9-6/h3-5H2,1-2H3. The Bertz CT molecular complexity index is 251. The third kappa shape index (κ3) is 0.959. The molecular formula is C8H12N2O.